The molecule has 0 aliphatic carbocycles. The normalized spacial score (nSPS) is 12.0. The van der Waals surface area contributed by atoms with Gasteiger partial charge in [0.25, 0.3) is 0 Å². The van der Waals surface area contributed by atoms with Crippen LogP contribution in [-0.4, -0.2) is 29.1 Å². The average Bonchev–Trinajstić information content (AvgIpc) is 2.33. The molecule has 19 heavy (non-hydrogen) atoms. The van der Waals surface area contributed by atoms with Crippen LogP contribution in [0.4, 0.5) is 0 Å². The van der Waals surface area contributed by atoms with Gasteiger partial charge in [-0.05, 0) is 18.6 Å². The summed E-state index contributed by atoms with van der Waals surface area (Å²) in [4.78, 5) is -0.131. The SMILES string of the molecule is N#Cc1ccccc1S(=O)(=O)NCCCS(N)(=O)=O. The van der Waals surface area contributed by atoms with E-state index in [1.54, 1.807) is 12.1 Å². The Morgan fingerprint density at radius 3 is 2.42 bits per heavy atom. The van der Waals surface area contributed by atoms with Gasteiger partial charge >= 0.3 is 0 Å². The van der Waals surface area contributed by atoms with Crippen LogP contribution in [0.15, 0.2) is 29.2 Å². The van der Waals surface area contributed by atoms with Gasteiger partial charge in [0.1, 0.15) is 6.07 Å². The number of sulfonamides is 2. The smallest absolute Gasteiger partial charge is 0.229 e. The van der Waals surface area contributed by atoms with Gasteiger partial charge in [0.15, 0.2) is 0 Å². The maximum absolute atomic E-state index is 11.9. The predicted octanol–water partition coefficient (Wildman–Crippen LogP) is -0.485. The highest BCUT2D eigenvalue weighted by molar-refractivity contribution is 7.89. The van der Waals surface area contributed by atoms with Gasteiger partial charge in [0, 0.05) is 6.54 Å². The Labute approximate surface area is 112 Å². The molecule has 0 aromatic heterocycles. The fourth-order valence-electron chi connectivity index (χ4n) is 1.35. The first-order chi connectivity index (χ1) is 8.76. The molecule has 1 aromatic carbocycles. The van der Waals surface area contributed by atoms with Crippen molar-refractivity contribution in [1.29, 1.82) is 5.26 Å². The molecule has 0 saturated heterocycles. The Bertz CT molecular complexity index is 690. The number of hydrogen-bond donors (Lipinski definition) is 2. The highest BCUT2D eigenvalue weighted by atomic mass is 32.2. The molecule has 0 spiro atoms. The number of nitriles is 1. The summed E-state index contributed by atoms with van der Waals surface area (Å²) >= 11 is 0. The van der Waals surface area contributed by atoms with E-state index in [0.717, 1.165) is 0 Å². The summed E-state index contributed by atoms with van der Waals surface area (Å²) in [6, 6.07) is 7.53. The first-order valence-corrected chi connectivity index (χ1v) is 8.45. The highest BCUT2D eigenvalue weighted by Gasteiger charge is 2.17. The molecule has 1 aromatic rings. The molecule has 0 bridgehead atoms. The van der Waals surface area contributed by atoms with E-state index in [0.29, 0.717) is 0 Å². The van der Waals surface area contributed by atoms with Gasteiger partial charge in [-0.25, -0.2) is 26.7 Å². The zero-order valence-electron chi connectivity index (χ0n) is 9.90. The summed E-state index contributed by atoms with van der Waals surface area (Å²) in [5.41, 5.74) is 0.0291. The van der Waals surface area contributed by atoms with Crippen LogP contribution < -0.4 is 9.86 Å². The Morgan fingerprint density at radius 2 is 1.84 bits per heavy atom. The second-order valence-corrected chi connectivity index (χ2v) is 7.20. The van der Waals surface area contributed by atoms with Crippen molar-refractivity contribution in [3.05, 3.63) is 29.8 Å². The lowest BCUT2D eigenvalue weighted by Gasteiger charge is -2.07. The van der Waals surface area contributed by atoms with E-state index in [1.165, 1.54) is 18.2 Å². The predicted molar refractivity (Wildman–Crippen MR) is 68.9 cm³/mol. The van der Waals surface area contributed by atoms with Crippen molar-refractivity contribution < 1.29 is 16.8 Å². The summed E-state index contributed by atoms with van der Waals surface area (Å²) in [6.45, 7) is -0.0709. The minimum Gasteiger partial charge on any atom is -0.229 e. The number of hydrogen-bond acceptors (Lipinski definition) is 5. The minimum atomic E-state index is -3.83. The molecule has 0 saturated carbocycles. The molecule has 9 heteroatoms. The summed E-state index contributed by atoms with van der Waals surface area (Å²) < 4.78 is 47.4. The Morgan fingerprint density at radius 1 is 1.21 bits per heavy atom. The van der Waals surface area contributed by atoms with E-state index >= 15 is 0 Å². The number of nitrogens with one attached hydrogen (secondary N) is 1. The molecule has 0 heterocycles. The maximum Gasteiger partial charge on any atom is 0.241 e. The fourth-order valence-corrected chi connectivity index (χ4v) is 3.13. The summed E-state index contributed by atoms with van der Waals surface area (Å²) in [5.74, 6) is -0.310. The van der Waals surface area contributed by atoms with Crippen LogP contribution in [-0.2, 0) is 20.0 Å². The lowest BCUT2D eigenvalue weighted by molar-refractivity contribution is 0.576. The summed E-state index contributed by atoms with van der Waals surface area (Å²) in [7, 11) is -7.44. The van der Waals surface area contributed by atoms with E-state index < -0.39 is 20.0 Å². The maximum atomic E-state index is 11.9. The fraction of sp³-hybridized carbons (Fsp3) is 0.300. The van der Waals surface area contributed by atoms with Crippen LogP contribution in [0.25, 0.3) is 0 Å². The Hall–Kier alpha value is -1.47. The van der Waals surface area contributed by atoms with Gasteiger partial charge < -0.3 is 0 Å². The molecule has 0 aliphatic rings. The third-order valence-corrected chi connectivity index (χ3v) is 4.57. The quantitative estimate of drug-likeness (QED) is 0.685. The van der Waals surface area contributed by atoms with Crippen LogP contribution >= 0.6 is 0 Å². The molecule has 0 fully saturated rings. The van der Waals surface area contributed by atoms with Gasteiger partial charge in [0.2, 0.25) is 20.0 Å². The first kappa shape index (κ1) is 15.6. The average molecular weight is 303 g/mol. The third-order valence-electron chi connectivity index (χ3n) is 2.19. The standard InChI is InChI=1S/C10H13N3O4S2/c11-8-9-4-1-2-5-10(9)19(16,17)13-6-3-7-18(12,14)15/h1-2,4-5,13H,3,6-7H2,(H2,12,14,15). The summed E-state index contributed by atoms with van der Waals surface area (Å²) in [5, 5.41) is 13.6. The van der Waals surface area contributed by atoms with Crippen molar-refractivity contribution in [2.75, 3.05) is 12.3 Å². The van der Waals surface area contributed by atoms with Crippen LogP contribution in [0.2, 0.25) is 0 Å². The zero-order valence-corrected chi connectivity index (χ0v) is 11.5. The second-order valence-electron chi connectivity index (χ2n) is 3.73. The lowest BCUT2D eigenvalue weighted by atomic mass is 10.2. The molecule has 0 radical (unpaired) electrons. The monoisotopic (exact) mass is 303 g/mol. The molecule has 1 rings (SSSR count). The number of nitrogens with zero attached hydrogens (tertiary/aromatic N) is 1. The topological polar surface area (TPSA) is 130 Å². The van der Waals surface area contributed by atoms with Gasteiger partial charge in [0.05, 0.1) is 16.2 Å². The third kappa shape index (κ3) is 4.96. The number of rotatable bonds is 6. The summed E-state index contributed by atoms with van der Waals surface area (Å²) in [6.07, 6.45) is 0.0623. The number of benzene rings is 1. The Balaban J connectivity index is 2.75. The highest BCUT2D eigenvalue weighted by Crippen LogP contribution is 2.13. The molecule has 0 unspecified atom stereocenters. The molecule has 7 nitrogen and oxygen atoms in total. The van der Waals surface area contributed by atoms with E-state index in [9.17, 15) is 16.8 Å². The Kier molecular flexibility index (Phi) is 5.02. The van der Waals surface area contributed by atoms with Gasteiger partial charge in [-0.3, -0.25) is 0 Å². The van der Waals surface area contributed by atoms with Crippen LogP contribution in [0.3, 0.4) is 0 Å². The van der Waals surface area contributed by atoms with E-state index in [4.69, 9.17) is 10.4 Å². The van der Waals surface area contributed by atoms with Crippen molar-refractivity contribution >= 4 is 20.0 Å². The number of primary sulfonamides is 1. The van der Waals surface area contributed by atoms with Crippen molar-refractivity contribution in [3.63, 3.8) is 0 Å². The minimum absolute atomic E-state index is 0.0291. The molecular weight excluding hydrogens is 290 g/mol. The first-order valence-electron chi connectivity index (χ1n) is 5.25. The molecule has 104 valence electrons. The molecule has 0 atom stereocenters. The van der Waals surface area contributed by atoms with E-state index in [1.807, 2.05) is 0 Å². The second kappa shape index (κ2) is 6.12. The van der Waals surface area contributed by atoms with Crippen molar-refractivity contribution in [1.82, 2.24) is 4.72 Å². The van der Waals surface area contributed by atoms with Gasteiger partial charge in [-0.1, -0.05) is 12.1 Å². The largest absolute Gasteiger partial charge is 0.241 e. The van der Waals surface area contributed by atoms with Crippen LogP contribution in [0.1, 0.15) is 12.0 Å². The molecular formula is C10H13N3O4S2. The number of nitrogens with two attached hydrogens (primary N) is 1. The molecule has 0 amide bonds. The molecule has 3 N–H and O–H groups in total. The van der Waals surface area contributed by atoms with Crippen LogP contribution in [0, 0.1) is 11.3 Å². The molecule has 0 aliphatic heterocycles. The van der Waals surface area contributed by atoms with Crippen molar-refractivity contribution in [2.45, 2.75) is 11.3 Å². The lowest BCUT2D eigenvalue weighted by Crippen LogP contribution is -2.28. The van der Waals surface area contributed by atoms with Crippen LogP contribution in [0.5, 0.6) is 0 Å². The van der Waals surface area contributed by atoms with E-state index in [2.05, 4.69) is 4.72 Å². The van der Waals surface area contributed by atoms with Crippen molar-refractivity contribution in [2.24, 2.45) is 5.14 Å². The van der Waals surface area contributed by atoms with E-state index in [-0.39, 0.29) is 29.2 Å². The van der Waals surface area contributed by atoms with Gasteiger partial charge in [-0.2, -0.15) is 5.26 Å². The van der Waals surface area contributed by atoms with Gasteiger partial charge in [-0.15, -0.1) is 0 Å². The van der Waals surface area contributed by atoms with Crippen molar-refractivity contribution in [3.8, 4) is 6.07 Å². The zero-order chi connectivity index (χ0) is 14.5.